The SMILES string of the molecule is CC(NC(=S)Nc1ccc(Cl)c(Cl)c1)c1ccc2c(c1)OCO2. The lowest BCUT2D eigenvalue weighted by molar-refractivity contribution is 0.174. The van der Waals surface area contributed by atoms with Crippen molar-refractivity contribution < 1.29 is 9.47 Å². The van der Waals surface area contributed by atoms with Crippen LogP contribution in [0.15, 0.2) is 36.4 Å². The molecule has 1 unspecified atom stereocenters. The number of benzene rings is 2. The molecule has 2 aromatic rings. The summed E-state index contributed by atoms with van der Waals surface area (Å²) in [4.78, 5) is 0. The summed E-state index contributed by atoms with van der Waals surface area (Å²) < 4.78 is 10.7. The number of ether oxygens (including phenoxy) is 2. The number of fused-ring (bicyclic) bond motifs is 1. The van der Waals surface area contributed by atoms with Crippen LogP contribution in [0.25, 0.3) is 0 Å². The van der Waals surface area contributed by atoms with Crippen LogP contribution in [0, 0.1) is 0 Å². The van der Waals surface area contributed by atoms with E-state index in [2.05, 4.69) is 10.6 Å². The van der Waals surface area contributed by atoms with Gasteiger partial charge in [0.1, 0.15) is 0 Å². The number of rotatable bonds is 3. The van der Waals surface area contributed by atoms with E-state index in [-0.39, 0.29) is 12.8 Å². The van der Waals surface area contributed by atoms with Crippen molar-refractivity contribution >= 4 is 46.2 Å². The first-order valence-corrected chi connectivity index (χ1v) is 8.11. The van der Waals surface area contributed by atoms with Gasteiger partial charge in [-0.1, -0.05) is 29.3 Å². The van der Waals surface area contributed by atoms with Gasteiger partial charge in [-0.05, 0) is 55.0 Å². The molecule has 0 fully saturated rings. The molecule has 0 spiro atoms. The quantitative estimate of drug-likeness (QED) is 0.763. The van der Waals surface area contributed by atoms with Crippen LogP contribution < -0.4 is 20.1 Å². The van der Waals surface area contributed by atoms with Crippen LogP contribution >= 0.6 is 35.4 Å². The summed E-state index contributed by atoms with van der Waals surface area (Å²) in [5.74, 6) is 1.51. The average Bonchev–Trinajstić information content (AvgIpc) is 2.98. The molecule has 0 aromatic heterocycles. The number of hydrogen-bond acceptors (Lipinski definition) is 3. The van der Waals surface area contributed by atoms with Crippen molar-refractivity contribution in [1.82, 2.24) is 5.32 Å². The van der Waals surface area contributed by atoms with E-state index in [9.17, 15) is 0 Å². The average molecular weight is 369 g/mol. The summed E-state index contributed by atoms with van der Waals surface area (Å²) in [6.07, 6.45) is 0. The Kier molecular flexibility index (Phi) is 4.80. The molecule has 0 saturated heterocycles. The van der Waals surface area contributed by atoms with Gasteiger partial charge in [0.05, 0.1) is 16.1 Å². The summed E-state index contributed by atoms with van der Waals surface area (Å²) in [6, 6.07) is 11.1. The molecular weight excluding hydrogens is 355 g/mol. The van der Waals surface area contributed by atoms with Crippen LogP contribution in [-0.2, 0) is 0 Å². The predicted octanol–water partition coefficient (Wildman–Crippen LogP) is 4.77. The van der Waals surface area contributed by atoms with E-state index in [0.717, 1.165) is 22.7 Å². The maximum absolute atomic E-state index is 5.99. The zero-order chi connectivity index (χ0) is 16.4. The molecule has 23 heavy (non-hydrogen) atoms. The van der Waals surface area contributed by atoms with E-state index in [4.69, 9.17) is 44.9 Å². The molecule has 4 nitrogen and oxygen atoms in total. The van der Waals surface area contributed by atoms with E-state index >= 15 is 0 Å². The van der Waals surface area contributed by atoms with Crippen LogP contribution in [0.2, 0.25) is 10.0 Å². The van der Waals surface area contributed by atoms with Crippen LogP contribution in [0.1, 0.15) is 18.5 Å². The van der Waals surface area contributed by atoms with E-state index in [1.54, 1.807) is 12.1 Å². The third kappa shape index (κ3) is 3.80. The molecule has 120 valence electrons. The first-order valence-electron chi connectivity index (χ1n) is 6.95. The van der Waals surface area contributed by atoms with E-state index in [1.807, 2.05) is 31.2 Å². The largest absolute Gasteiger partial charge is 0.454 e. The first kappa shape index (κ1) is 16.2. The smallest absolute Gasteiger partial charge is 0.231 e. The molecule has 0 saturated carbocycles. The molecule has 0 bridgehead atoms. The molecule has 0 radical (unpaired) electrons. The lowest BCUT2D eigenvalue weighted by atomic mass is 10.1. The highest BCUT2D eigenvalue weighted by Gasteiger charge is 2.16. The highest BCUT2D eigenvalue weighted by Crippen LogP contribution is 2.34. The van der Waals surface area contributed by atoms with Gasteiger partial charge in [-0.2, -0.15) is 0 Å². The summed E-state index contributed by atoms with van der Waals surface area (Å²) in [6.45, 7) is 2.28. The standard InChI is InChI=1S/C16H14Cl2N2O2S/c1-9(10-2-5-14-15(6-10)22-8-21-14)19-16(23)20-11-3-4-12(17)13(18)7-11/h2-7,9H,8H2,1H3,(H2,19,20,23). The summed E-state index contributed by atoms with van der Waals surface area (Å²) in [5, 5.41) is 7.78. The molecule has 3 rings (SSSR count). The monoisotopic (exact) mass is 368 g/mol. The molecular formula is C16H14Cl2N2O2S. The molecule has 1 aliphatic rings. The van der Waals surface area contributed by atoms with Gasteiger partial charge in [-0.25, -0.2) is 0 Å². The third-order valence-corrected chi connectivity index (χ3v) is 4.38. The Morgan fingerprint density at radius 2 is 1.87 bits per heavy atom. The van der Waals surface area contributed by atoms with E-state index in [1.165, 1.54) is 0 Å². The molecule has 0 amide bonds. The zero-order valence-corrected chi connectivity index (χ0v) is 14.6. The topological polar surface area (TPSA) is 42.5 Å². The molecule has 2 aromatic carbocycles. The summed E-state index contributed by atoms with van der Waals surface area (Å²) in [5.41, 5.74) is 1.82. The first-order chi connectivity index (χ1) is 11.0. The second-order valence-corrected chi connectivity index (χ2v) is 6.28. The van der Waals surface area contributed by atoms with Crippen molar-refractivity contribution in [2.24, 2.45) is 0 Å². The van der Waals surface area contributed by atoms with Gasteiger partial charge in [-0.3, -0.25) is 0 Å². The fraction of sp³-hybridized carbons (Fsp3) is 0.188. The van der Waals surface area contributed by atoms with Crippen molar-refractivity contribution in [1.29, 1.82) is 0 Å². The summed E-state index contributed by atoms with van der Waals surface area (Å²) in [7, 11) is 0. The van der Waals surface area contributed by atoms with Gasteiger partial charge in [0.2, 0.25) is 6.79 Å². The van der Waals surface area contributed by atoms with Crippen LogP contribution in [0.4, 0.5) is 5.69 Å². The van der Waals surface area contributed by atoms with E-state index in [0.29, 0.717) is 15.2 Å². The van der Waals surface area contributed by atoms with Crippen LogP contribution in [0.5, 0.6) is 11.5 Å². The fourth-order valence-electron chi connectivity index (χ4n) is 2.20. The number of nitrogens with one attached hydrogen (secondary N) is 2. The number of halogens is 2. The number of thiocarbonyl (C=S) groups is 1. The Morgan fingerprint density at radius 1 is 1.09 bits per heavy atom. The van der Waals surface area contributed by atoms with Crippen molar-refractivity contribution in [3.63, 3.8) is 0 Å². The lowest BCUT2D eigenvalue weighted by Gasteiger charge is -2.18. The highest BCUT2D eigenvalue weighted by molar-refractivity contribution is 7.80. The Hall–Kier alpha value is -1.69. The van der Waals surface area contributed by atoms with Crippen molar-refractivity contribution in [2.75, 3.05) is 12.1 Å². The molecule has 1 heterocycles. The van der Waals surface area contributed by atoms with E-state index < -0.39 is 0 Å². The Bertz CT molecular complexity index is 755. The molecule has 1 atom stereocenters. The van der Waals surface area contributed by atoms with Crippen molar-refractivity contribution in [2.45, 2.75) is 13.0 Å². The number of hydrogen-bond donors (Lipinski definition) is 2. The van der Waals surface area contributed by atoms with Gasteiger partial charge in [0, 0.05) is 5.69 Å². The normalized spacial score (nSPS) is 13.5. The minimum absolute atomic E-state index is 0.00673. The third-order valence-electron chi connectivity index (χ3n) is 3.42. The van der Waals surface area contributed by atoms with Gasteiger partial charge in [0.15, 0.2) is 16.6 Å². The maximum atomic E-state index is 5.99. The maximum Gasteiger partial charge on any atom is 0.231 e. The van der Waals surface area contributed by atoms with Gasteiger partial charge >= 0.3 is 0 Å². The van der Waals surface area contributed by atoms with Gasteiger partial charge in [-0.15, -0.1) is 0 Å². The van der Waals surface area contributed by atoms with Crippen molar-refractivity contribution in [3.8, 4) is 11.5 Å². The van der Waals surface area contributed by atoms with Gasteiger partial charge < -0.3 is 20.1 Å². The lowest BCUT2D eigenvalue weighted by Crippen LogP contribution is -2.30. The highest BCUT2D eigenvalue weighted by atomic mass is 35.5. The van der Waals surface area contributed by atoms with Crippen LogP contribution in [-0.4, -0.2) is 11.9 Å². The second kappa shape index (κ2) is 6.83. The van der Waals surface area contributed by atoms with Crippen molar-refractivity contribution in [3.05, 3.63) is 52.0 Å². The summed E-state index contributed by atoms with van der Waals surface area (Å²) >= 11 is 17.2. The van der Waals surface area contributed by atoms with Gasteiger partial charge in [0.25, 0.3) is 0 Å². The molecule has 2 N–H and O–H groups in total. The Balaban J connectivity index is 1.64. The predicted molar refractivity (Wildman–Crippen MR) is 96.8 cm³/mol. The molecule has 0 aliphatic carbocycles. The minimum atomic E-state index is 0.00673. The molecule has 1 aliphatic heterocycles. The second-order valence-electron chi connectivity index (χ2n) is 5.06. The number of anilines is 1. The Labute approximate surface area is 149 Å². The molecule has 7 heteroatoms. The van der Waals surface area contributed by atoms with Crippen LogP contribution in [0.3, 0.4) is 0 Å². The fourth-order valence-corrected chi connectivity index (χ4v) is 2.80. The Morgan fingerprint density at radius 3 is 2.65 bits per heavy atom. The minimum Gasteiger partial charge on any atom is -0.454 e. The zero-order valence-electron chi connectivity index (χ0n) is 12.2.